The van der Waals surface area contributed by atoms with Crippen molar-refractivity contribution in [2.75, 3.05) is 11.5 Å². The van der Waals surface area contributed by atoms with Gasteiger partial charge in [0.2, 0.25) is 0 Å². The molecule has 0 spiro atoms. The van der Waals surface area contributed by atoms with E-state index in [9.17, 15) is 15.2 Å². The standard InChI is InChI=1S/C18H16N4O5S/c23-15-10-27-17(26-9-11-4-2-1-3-5-11)16-20-13-7-6-12(22(24)25)8-14(13)28-18(20)19-21(15)16/h1-8,15-17,23H,9-10H2. The average Bonchev–Trinajstić information content (AvgIpc) is 3.24. The van der Waals surface area contributed by atoms with Gasteiger partial charge in [-0.25, -0.2) is 5.01 Å². The Kier molecular flexibility index (Phi) is 4.20. The first kappa shape index (κ1) is 17.4. The number of fused-ring (bicyclic) bond motifs is 5. The lowest BCUT2D eigenvalue weighted by Gasteiger charge is -2.41. The molecule has 1 saturated heterocycles. The van der Waals surface area contributed by atoms with Crippen LogP contribution in [0.1, 0.15) is 5.56 Å². The van der Waals surface area contributed by atoms with Crippen LogP contribution in [0, 0.1) is 10.1 Å². The third-order valence-electron chi connectivity index (χ3n) is 4.77. The molecule has 1 fully saturated rings. The molecule has 0 aliphatic carbocycles. The third kappa shape index (κ3) is 2.81. The lowest BCUT2D eigenvalue weighted by Crippen LogP contribution is -2.59. The average molecular weight is 400 g/mol. The fourth-order valence-electron chi connectivity index (χ4n) is 3.47. The number of morpholine rings is 1. The van der Waals surface area contributed by atoms with E-state index in [4.69, 9.17) is 9.47 Å². The van der Waals surface area contributed by atoms with Gasteiger partial charge in [-0.3, -0.25) is 15.0 Å². The van der Waals surface area contributed by atoms with Gasteiger partial charge in [0, 0.05) is 17.0 Å². The quantitative estimate of drug-likeness (QED) is 0.616. The van der Waals surface area contributed by atoms with Gasteiger partial charge in [0.15, 0.2) is 23.9 Å². The summed E-state index contributed by atoms with van der Waals surface area (Å²) >= 11 is 1.33. The van der Waals surface area contributed by atoms with Gasteiger partial charge >= 0.3 is 0 Å². The minimum Gasteiger partial charge on any atom is -0.370 e. The summed E-state index contributed by atoms with van der Waals surface area (Å²) in [6, 6.07) is 14.4. The molecule has 5 rings (SSSR count). The summed E-state index contributed by atoms with van der Waals surface area (Å²) in [6.07, 6.45) is -2.02. The van der Waals surface area contributed by atoms with Gasteiger partial charge in [-0.1, -0.05) is 30.3 Å². The van der Waals surface area contributed by atoms with E-state index in [0.29, 0.717) is 11.8 Å². The summed E-state index contributed by atoms with van der Waals surface area (Å²) in [5.74, 6) is 0. The summed E-state index contributed by atoms with van der Waals surface area (Å²) in [5.41, 5.74) is 1.82. The second-order valence-corrected chi connectivity index (χ2v) is 7.55. The van der Waals surface area contributed by atoms with Crippen LogP contribution in [0.5, 0.6) is 0 Å². The van der Waals surface area contributed by atoms with Gasteiger partial charge in [0.05, 0.1) is 23.8 Å². The van der Waals surface area contributed by atoms with E-state index in [0.717, 1.165) is 16.1 Å². The summed E-state index contributed by atoms with van der Waals surface area (Å²) in [4.78, 5) is 13.3. The Labute approximate surface area is 164 Å². The van der Waals surface area contributed by atoms with Crippen LogP contribution in [-0.4, -0.2) is 45.5 Å². The van der Waals surface area contributed by atoms with Crippen LogP contribution in [0.25, 0.3) is 0 Å². The Morgan fingerprint density at radius 1 is 1.32 bits per heavy atom. The molecule has 0 aromatic heterocycles. The molecule has 3 aliphatic rings. The predicted octanol–water partition coefficient (Wildman–Crippen LogP) is 2.31. The van der Waals surface area contributed by atoms with E-state index in [1.54, 1.807) is 11.1 Å². The van der Waals surface area contributed by atoms with Crippen molar-refractivity contribution in [2.45, 2.75) is 30.2 Å². The van der Waals surface area contributed by atoms with Crippen molar-refractivity contribution in [2.24, 2.45) is 5.10 Å². The first-order valence-electron chi connectivity index (χ1n) is 8.69. The Balaban J connectivity index is 1.43. The van der Waals surface area contributed by atoms with Crippen molar-refractivity contribution in [3.63, 3.8) is 0 Å². The number of anilines is 1. The Bertz CT molecular complexity index is 956. The molecule has 0 amide bonds. The number of non-ortho nitro benzene ring substituents is 1. The number of hydrogen-bond acceptors (Lipinski definition) is 9. The van der Waals surface area contributed by atoms with Gasteiger partial charge in [-0.05, 0) is 23.4 Å². The molecule has 3 atom stereocenters. The highest BCUT2D eigenvalue weighted by Crippen LogP contribution is 2.48. The molecule has 10 heteroatoms. The monoisotopic (exact) mass is 400 g/mol. The molecule has 2 aromatic rings. The lowest BCUT2D eigenvalue weighted by molar-refractivity contribution is -0.385. The van der Waals surface area contributed by atoms with Crippen LogP contribution in [0.15, 0.2) is 58.5 Å². The van der Waals surface area contributed by atoms with Gasteiger partial charge in [0.25, 0.3) is 5.69 Å². The van der Waals surface area contributed by atoms with Crippen LogP contribution in [0.4, 0.5) is 11.4 Å². The van der Waals surface area contributed by atoms with Gasteiger partial charge in [0.1, 0.15) is 0 Å². The Morgan fingerprint density at radius 3 is 2.93 bits per heavy atom. The number of hydrazone groups is 1. The molecule has 28 heavy (non-hydrogen) atoms. The molecular formula is C18H16N4O5S. The molecule has 144 valence electrons. The summed E-state index contributed by atoms with van der Waals surface area (Å²) in [7, 11) is 0. The second-order valence-electron chi connectivity index (χ2n) is 6.54. The molecular weight excluding hydrogens is 384 g/mol. The normalized spacial score (nSPS) is 25.2. The molecule has 9 nitrogen and oxygen atoms in total. The number of nitrogens with zero attached hydrogens (tertiary/aromatic N) is 4. The maximum absolute atomic E-state index is 11.1. The van der Waals surface area contributed by atoms with Crippen LogP contribution in [0.3, 0.4) is 0 Å². The smallest absolute Gasteiger partial charge is 0.270 e. The summed E-state index contributed by atoms with van der Waals surface area (Å²) < 4.78 is 11.8. The van der Waals surface area contributed by atoms with E-state index in [-0.39, 0.29) is 12.3 Å². The third-order valence-corrected chi connectivity index (χ3v) is 5.78. The highest BCUT2D eigenvalue weighted by Gasteiger charge is 2.51. The van der Waals surface area contributed by atoms with Crippen molar-refractivity contribution >= 4 is 28.3 Å². The highest BCUT2D eigenvalue weighted by atomic mass is 32.2. The molecule has 0 saturated carbocycles. The Morgan fingerprint density at radius 2 is 2.14 bits per heavy atom. The SMILES string of the molecule is O=[N+]([O-])c1ccc2c(c1)SC1=NN3C(O)COC(OCc4ccccc4)C3N12. The van der Waals surface area contributed by atoms with Crippen LogP contribution in [-0.2, 0) is 16.1 Å². The number of thioether (sulfide) groups is 1. The first-order chi connectivity index (χ1) is 13.6. The first-order valence-corrected chi connectivity index (χ1v) is 9.51. The maximum atomic E-state index is 11.1. The molecule has 0 bridgehead atoms. The number of ether oxygens (including phenoxy) is 2. The molecule has 3 unspecified atom stereocenters. The predicted molar refractivity (Wildman–Crippen MR) is 101 cm³/mol. The Hall–Kier alpha value is -2.66. The maximum Gasteiger partial charge on any atom is 0.270 e. The van der Waals surface area contributed by atoms with Crippen molar-refractivity contribution in [1.29, 1.82) is 0 Å². The van der Waals surface area contributed by atoms with Crippen molar-refractivity contribution in [3.05, 3.63) is 64.2 Å². The largest absolute Gasteiger partial charge is 0.370 e. The summed E-state index contributed by atoms with van der Waals surface area (Å²) in [6.45, 7) is 0.438. The fourth-order valence-corrected chi connectivity index (χ4v) is 4.55. The van der Waals surface area contributed by atoms with Crippen molar-refractivity contribution < 1.29 is 19.5 Å². The minimum absolute atomic E-state index is 0.0293. The number of hydrogen-bond donors (Lipinski definition) is 1. The number of rotatable bonds is 4. The number of nitro benzene ring substituents is 1. The number of aliphatic hydroxyl groups is 1. The van der Waals surface area contributed by atoms with Crippen LogP contribution < -0.4 is 4.90 Å². The zero-order chi connectivity index (χ0) is 19.3. The van der Waals surface area contributed by atoms with E-state index in [1.165, 1.54) is 23.9 Å². The van der Waals surface area contributed by atoms with Crippen LogP contribution >= 0.6 is 11.8 Å². The highest BCUT2D eigenvalue weighted by molar-refractivity contribution is 8.14. The molecule has 1 N–H and O–H groups in total. The van der Waals surface area contributed by atoms with E-state index in [1.807, 2.05) is 35.2 Å². The van der Waals surface area contributed by atoms with Gasteiger partial charge in [-0.2, -0.15) is 0 Å². The number of amidine groups is 1. The zero-order valence-electron chi connectivity index (χ0n) is 14.5. The molecule has 0 radical (unpaired) electrons. The van der Waals surface area contributed by atoms with E-state index in [2.05, 4.69) is 5.10 Å². The van der Waals surface area contributed by atoms with E-state index < -0.39 is 23.6 Å². The van der Waals surface area contributed by atoms with Crippen molar-refractivity contribution in [3.8, 4) is 0 Å². The van der Waals surface area contributed by atoms with Gasteiger partial charge in [-0.15, -0.1) is 5.10 Å². The second kappa shape index (κ2) is 6.74. The van der Waals surface area contributed by atoms with Crippen LogP contribution in [0.2, 0.25) is 0 Å². The minimum atomic E-state index is -0.887. The summed E-state index contributed by atoms with van der Waals surface area (Å²) in [5, 5.41) is 28.1. The number of aliphatic hydroxyl groups excluding tert-OH is 1. The molecule has 3 heterocycles. The van der Waals surface area contributed by atoms with Gasteiger partial charge < -0.3 is 14.6 Å². The van der Waals surface area contributed by atoms with E-state index >= 15 is 0 Å². The molecule has 2 aromatic carbocycles. The topological polar surface area (TPSA) is 101 Å². The zero-order valence-corrected chi connectivity index (χ0v) is 15.4. The molecule has 3 aliphatic heterocycles. The number of benzene rings is 2. The van der Waals surface area contributed by atoms with Crippen molar-refractivity contribution in [1.82, 2.24) is 5.01 Å². The lowest BCUT2D eigenvalue weighted by atomic mass is 10.2. The number of nitro groups is 1. The fraction of sp³-hybridized carbons (Fsp3) is 0.278.